The topological polar surface area (TPSA) is 83.5 Å². The van der Waals surface area contributed by atoms with Gasteiger partial charge in [-0.1, -0.05) is 12.1 Å². The Bertz CT molecular complexity index is 1040. The quantitative estimate of drug-likeness (QED) is 0.773. The molecule has 132 valence electrons. The van der Waals surface area contributed by atoms with Gasteiger partial charge in [-0.15, -0.1) is 0 Å². The van der Waals surface area contributed by atoms with Gasteiger partial charge in [0.25, 0.3) is 0 Å². The van der Waals surface area contributed by atoms with E-state index in [0.717, 1.165) is 34.1 Å². The molecule has 2 aliphatic heterocycles. The average Bonchev–Trinajstić information content (AvgIpc) is 3.37. The van der Waals surface area contributed by atoms with Crippen LogP contribution in [0.15, 0.2) is 42.7 Å². The van der Waals surface area contributed by atoms with Crippen molar-refractivity contribution in [1.82, 2.24) is 14.3 Å². The minimum atomic E-state index is 0.198. The molecule has 1 N–H and O–H groups in total. The molecule has 1 aromatic heterocycles. The minimum Gasteiger partial charge on any atom is -0.454 e. The van der Waals surface area contributed by atoms with Crippen molar-refractivity contribution in [2.75, 3.05) is 13.6 Å². The fraction of sp³-hybridized carbons (Fsp3) is 0.222. The first kappa shape index (κ1) is 14.9. The fourth-order valence-corrected chi connectivity index (χ4v) is 3.10. The summed E-state index contributed by atoms with van der Waals surface area (Å²) in [6, 6.07) is 11.6. The maximum atomic E-state index is 8.11. The van der Waals surface area contributed by atoms with Gasteiger partial charge in [0, 0.05) is 0 Å². The fourth-order valence-electron chi connectivity index (χ4n) is 3.10. The lowest BCUT2D eigenvalue weighted by Crippen LogP contribution is -2.25. The maximum Gasteiger partial charge on any atom is 0.238 e. The number of rotatable bonds is 4. The summed E-state index contributed by atoms with van der Waals surface area (Å²) in [5, 5.41) is 8.11. The first-order valence-corrected chi connectivity index (χ1v) is 8.20. The van der Waals surface area contributed by atoms with Crippen LogP contribution in [-0.4, -0.2) is 27.9 Å². The number of nitrogens with zero attached hydrogens (tertiary/aromatic N) is 3. The molecule has 0 radical (unpaired) electrons. The molecule has 26 heavy (non-hydrogen) atoms. The van der Waals surface area contributed by atoms with Crippen LogP contribution in [0.3, 0.4) is 0 Å². The zero-order valence-corrected chi connectivity index (χ0v) is 13.8. The molecule has 0 amide bonds. The van der Waals surface area contributed by atoms with Crippen LogP contribution in [0.4, 0.5) is 0 Å². The van der Waals surface area contributed by atoms with Gasteiger partial charge in [-0.05, 0) is 35.4 Å². The van der Waals surface area contributed by atoms with Gasteiger partial charge in [0.2, 0.25) is 19.2 Å². The number of fused-ring (bicyclic) bond motifs is 2. The molecule has 8 heteroatoms. The second-order valence-electron chi connectivity index (χ2n) is 6.10. The van der Waals surface area contributed by atoms with Crippen molar-refractivity contribution in [3.63, 3.8) is 0 Å². The molecular formula is C18H16N4O4. The highest BCUT2D eigenvalue weighted by Gasteiger charge is 2.16. The van der Waals surface area contributed by atoms with Crippen LogP contribution in [0.25, 0.3) is 0 Å². The predicted molar refractivity (Wildman–Crippen MR) is 89.4 cm³/mol. The predicted octanol–water partition coefficient (Wildman–Crippen LogP) is 1.72. The minimum absolute atomic E-state index is 0.198. The Morgan fingerprint density at radius 3 is 2.04 bits per heavy atom. The van der Waals surface area contributed by atoms with Crippen molar-refractivity contribution in [1.29, 1.82) is 5.41 Å². The van der Waals surface area contributed by atoms with Gasteiger partial charge < -0.3 is 18.9 Å². The van der Waals surface area contributed by atoms with E-state index in [2.05, 4.69) is 4.98 Å². The summed E-state index contributed by atoms with van der Waals surface area (Å²) in [6.07, 6.45) is 1.67. The first-order valence-electron chi connectivity index (χ1n) is 8.20. The van der Waals surface area contributed by atoms with Crippen LogP contribution < -0.4 is 24.6 Å². The summed E-state index contributed by atoms with van der Waals surface area (Å²) in [5.41, 5.74) is 2.26. The van der Waals surface area contributed by atoms with Crippen LogP contribution in [0, 0.1) is 5.41 Å². The molecule has 0 spiro atoms. The van der Waals surface area contributed by atoms with Gasteiger partial charge in [-0.2, -0.15) is 0 Å². The van der Waals surface area contributed by atoms with Crippen LogP contribution in [0.1, 0.15) is 11.1 Å². The second kappa shape index (κ2) is 5.83. The molecular weight excluding hydrogens is 336 g/mol. The standard InChI is InChI=1S/C18H16N4O4/c19-18-20-9-21(7-12-1-3-14-16(5-12)25-10-23-14)22(18)8-13-2-4-15-17(6-13)26-11-24-15/h1-6,9,19H,7-8,10-11H2. The van der Waals surface area contributed by atoms with Gasteiger partial charge in [0.1, 0.15) is 6.33 Å². The monoisotopic (exact) mass is 352 g/mol. The summed E-state index contributed by atoms with van der Waals surface area (Å²) < 4.78 is 25.3. The van der Waals surface area contributed by atoms with Gasteiger partial charge >= 0.3 is 0 Å². The molecule has 8 nitrogen and oxygen atoms in total. The van der Waals surface area contributed by atoms with Crippen LogP contribution in [0.2, 0.25) is 0 Å². The van der Waals surface area contributed by atoms with Crippen LogP contribution >= 0.6 is 0 Å². The van der Waals surface area contributed by atoms with Crippen LogP contribution in [0.5, 0.6) is 23.0 Å². The summed E-state index contributed by atoms with van der Waals surface area (Å²) in [6.45, 7) is 1.59. The molecule has 0 saturated heterocycles. The Morgan fingerprint density at radius 1 is 0.808 bits per heavy atom. The number of nitrogens with one attached hydrogen (secondary N) is 1. The smallest absolute Gasteiger partial charge is 0.238 e. The molecule has 0 bridgehead atoms. The number of hydrogen-bond donors (Lipinski definition) is 1. The van der Waals surface area contributed by atoms with E-state index in [0.29, 0.717) is 13.1 Å². The van der Waals surface area contributed by atoms with Gasteiger partial charge in [0.05, 0.1) is 13.1 Å². The lowest BCUT2D eigenvalue weighted by Gasteiger charge is -2.12. The summed E-state index contributed by atoms with van der Waals surface area (Å²) in [7, 11) is 0. The van der Waals surface area contributed by atoms with Crippen molar-refractivity contribution in [3.8, 4) is 23.0 Å². The normalized spacial score (nSPS) is 14.0. The van der Waals surface area contributed by atoms with Crippen LogP contribution in [-0.2, 0) is 13.1 Å². The molecule has 0 fully saturated rings. The number of ether oxygens (including phenoxy) is 4. The van der Waals surface area contributed by atoms with E-state index < -0.39 is 0 Å². The van der Waals surface area contributed by atoms with Gasteiger partial charge in [0.15, 0.2) is 23.0 Å². The van der Waals surface area contributed by atoms with Crippen molar-refractivity contribution in [2.24, 2.45) is 0 Å². The van der Waals surface area contributed by atoms with E-state index in [9.17, 15) is 0 Å². The Balaban J connectivity index is 1.42. The SMILES string of the molecule is N=c1ncn(Cc2ccc3c(c2)OCO3)n1Cc1ccc2c(c1)OCO2. The largest absolute Gasteiger partial charge is 0.454 e. The molecule has 0 unspecified atom stereocenters. The molecule has 0 aliphatic carbocycles. The van der Waals surface area contributed by atoms with Crippen molar-refractivity contribution in [3.05, 3.63) is 59.5 Å². The molecule has 3 aromatic rings. The van der Waals surface area contributed by atoms with E-state index in [4.69, 9.17) is 24.4 Å². The summed E-state index contributed by atoms with van der Waals surface area (Å²) in [4.78, 5) is 4.13. The van der Waals surface area contributed by atoms with E-state index in [1.54, 1.807) is 6.33 Å². The number of hydrogen-bond acceptors (Lipinski definition) is 6. The van der Waals surface area contributed by atoms with Crippen molar-refractivity contribution < 1.29 is 18.9 Å². The van der Waals surface area contributed by atoms with E-state index in [-0.39, 0.29) is 19.2 Å². The molecule has 5 rings (SSSR count). The molecule has 0 atom stereocenters. The summed E-state index contributed by atoms with van der Waals surface area (Å²) in [5.74, 6) is 2.99. The van der Waals surface area contributed by atoms with Crippen molar-refractivity contribution >= 4 is 0 Å². The van der Waals surface area contributed by atoms with Crippen molar-refractivity contribution in [2.45, 2.75) is 13.1 Å². The number of aromatic nitrogens is 3. The highest BCUT2D eigenvalue weighted by molar-refractivity contribution is 5.45. The lowest BCUT2D eigenvalue weighted by atomic mass is 10.2. The third-order valence-electron chi connectivity index (χ3n) is 4.42. The molecule has 3 heterocycles. The van der Waals surface area contributed by atoms with E-state index in [1.165, 1.54) is 0 Å². The highest BCUT2D eigenvalue weighted by Crippen LogP contribution is 2.33. The second-order valence-corrected chi connectivity index (χ2v) is 6.10. The molecule has 2 aromatic carbocycles. The van der Waals surface area contributed by atoms with E-state index in [1.807, 2.05) is 45.8 Å². The third-order valence-corrected chi connectivity index (χ3v) is 4.42. The van der Waals surface area contributed by atoms with E-state index >= 15 is 0 Å². The summed E-state index contributed by atoms with van der Waals surface area (Å²) >= 11 is 0. The Labute approximate surface area is 148 Å². The Morgan fingerprint density at radius 2 is 1.38 bits per heavy atom. The lowest BCUT2D eigenvalue weighted by molar-refractivity contribution is 0.173. The zero-order valence-electron chi connectivity index (χ0n) is 13.8. The van der Waals surface area contributed by atoms with Gasteiger partial charge in [-0.3, -0.25) is 10.1 Å². The maximum absolute atomic E-state index is 8.11. The Kier molecular flexibility index (Phi) is 3.34. The third kappa shape index (κ3) is 2.55. The molecule has 0 saturated carbocycles. The van der Waals surface area contributed by atoms with Gasteiger partial charge in [-0.25, -0.2) is 9.67 Å². The highest BCUT2D eigenvalue weighted by atomic mass is 16.7. The zero-order chi connectivity index (χ0) is 17.5. The first-order chi connectivity index (χ1) is 12.8. The molecule has 2 aliphatic rings. The number of benzene rings is 2. The average molecular weight is 352 g/mol. The Hall–Kier alpha value is -3.42.